The number of hydrogen-bond acceptors (Lipinski definition) is 2. The van der Waals surface area contributed by atoms with Crippen LogP contribution in [0.1, 0.15) is 11.1 Å². The Morgan fingerprint density at radius 3 is 2.55 bits per heavy atom. The molecule has 0 radical (unpaired) electrons. The molecule has 2 rings (SSSR count). The van der Waals surface area contributed by atoms with Gasteiger partial charge in [0.25, 0.3) is 0 Å². The van der Waals surface area contributed by atoms with Gasteiger partial charge in [-0.05, 0) is 18.2 Å². The lowest BCUT2D eigenvalue weighted by molar-refractivity contribution is 0.277. The van der Waals surface area contributed by atoms with E-state index in [4.69, 9.17) is 21.1 Å². The fourth-order valence-corrected chi connectivity index (χ4v) is 1.99. The standard InChI is InChI=1S/C15H13ClF2O2/c1-19-14-4-2-3-10(8-16)15(14)20-9-11-5-6-12(17)7-13(11)18/h2-7H,8-9H2,1H3. The molecule has 2 aromatic carbocycles. The molecule has 0 aliphatic heterocycles. The predicted octanol–water partition coefficient (Wildman–Crippen LogP) is 4.29. The number of para-hydroxylation sites is 1. The Kier molecular flexibility index (Phi) is 4.79. The molecular weight excluding hydrogens is 286 g/mol. The van der Waals surface area contributed by atoms with Crippen molar-refractivity contribution >= 4 is 11.6 Å². The number of rotatable bonds is 5. The van der Waals surface area contributed by atoms with E-state index in [1.165, 1.54) is 19.2 Å². The fourth-order valence-electron chi connectivity index (χ4n) is 1.78. The molecule has 0 aromatic heterocycles. The van der Waals surface area contributed by atoms with E-state index in [0.717, 1.165) is 11.6 Å². The van der Waals surface area contributed by atoms with Gasteiger partial charge in [0.15, 0.2) is 11.5 Å². The molecule has 20 heavy (non-hydrogen) atoms. The Balaban J connectivity index is 2.22. The maximum absolute atomic E-state index is 13.5. The van der Waals surface area contributed by atoms with Crippen molar-refractivity contribution in [1.82, 2.24) is 0 Å². The zero-order valence-electron chi connectivity index (χ0n) is 10.8. The van der Waals surface area contributed by atoms with Crippen molar-refractivity contribution < 1.29 is 18.3 Å². The lowest BCUT2D eigenvalue weighted by atomic mass is 10.2. The number of ether oxygens (including phenoxy) is 2. The van der Waals surface area contributed by atoms with Crippen LogP contribution in [-0.4, -0.2) is 7.11 Å². The summed E-state index contributed by atoms with van der Waals surface area (Å²) in [5, 5.41) is 0. The molecule has 0 saturated carbocycles. The lowest BCUT2D eigenvalue weighted by Crippen LogP contribution is -2.02. The first-order valence-electron chi connectivity index (χ1n) is 5.94. The Morgan fingerprint density at radius 2 is 1.90 bits per heavy atom. The van der Waals surface area contributed by atoms with Crippen molar-refractivity contribution in [3.8, 4) is 11.5 Å². The van der Waals surface area contributed by atoms with Crippen molar-refractivity contribution in [3.63, 3.8) is 0 Å². The molecule has 106 valence electrons. The summed E-state index contributed by atoms with van der Waals surface area (Å²) in [5.41, 5.74) is 1.01. The van der Waals surface area contributed by atoms with E-state index in [2.05, 4.69) is 0 Å². The van der Waals surface area contributed by atoms with Gasteiger partial charge in [0.1, 0.15) is 18.2 Å². The van der Waals surface area contributed by atoms with Crippen LogP contribution < -0.4 is 9.47 Å². The lowest BCUT2D eigenvalue weighted by Gasteiger charge is -2.14. The summed E-state index contributed by atoms with van der Waals surface area (Å²) in [5.74, 6) is -0.0324. The maximum Gasteiger partial charge on any atom is 0.166 e. The third-order valence-corrected chi connectivity index (χ3v) is 3.10. The monoisotopic (exact) mass is 298 g/mol. The van der Waals surface area contributed by atoms with Gasteiger partial charge in [-0.2, -0.15) is 0 Å². The summed E-state index contributed by atoms with van der Waals surface area (Å²) in [7, 11) is 1.51. The zero-order valence-corrected chi connectivity index (χ0v) is 11.6. The molecule has 0 bridgehead atoms. The highest BCUT2D eigenvalue weighted by atomic mass is 35.5. The average Bonchev–Trinajstić information content (AvgIpc) is 2.46. The number of halogens is 3. The third-order valence-electron chi connectivity index (χ3n) is 2.81. The summed E-state index contributed by atoms with van der Waals surface area (Å²) in [4.78, 5) is 0. The molecule has 5 heteroatoms. The third kappa shape index (κ3) is 3.20. The molecule has 0 fully saturated rings. The Hall–Kier alpha value is -1.81. The van der Waals surface area contributed by atoms with Crippen LogP contribution in [0, 0.1) is 11.6 Å². The molecule has 0 amide bonds. The van der Waals surface area contributed by atoms with Gasteiger partial charge in [-0.3, -0.25) is 0 Å². The van der Waals surface area contributed by atoms with Gasteiger partial charge in [0, 0.05) is 17.2 Å². The summed E-state index contributed by atoms with van der Waals surface area (Å²) < 4.78 is 37.1. The van der Waals surface area contributed by atoms with E-state index in [1.807, 2.05) is 0 Å². The number of alkyl halides is 1. The van der Waals surface area contributed by atoms with Gasteiger partial charge in [-0.25, -0.2) is 8.78 Å². The minimum Gasteiger partial charge on any atom is -0.493 e. The highest BCUT2D eigenvalue weighted by Crippen LogP contribution is 2.32. The second-order valence-corrected chi connectivity index (χ2v) is 4.37. The van der Waals surface area contributed by atoms with Gasteiger partial charge < -0.3 is 9.47 Å². The Morgan fingerprint density at radius 1 is 1.10 bits per heavy atom. The van der Waals surface area contributed by atoms with Crippen LogP contribution >= 0.6 is 11.6 Å². The Labute approximate surface area is 120 Å². The predicted molar refractivity (Wildman–Crippen MR) is 73.2 cm³/mol. The molecule has 0 aliphatic rings. The summed E-state index contributed by atoms with van der Waals surface area (Å²) in [6, 6.07) is 8.68. The van der Waals surface area contributed by atoms with E-state index in [-0.39, 0.29) is 18.1 Å². The van der Waals surface area contributed by atoms with Crippen molar-refractivity contribution in [2.45, 2.75) is 12.5 Å². The van der Waals surface area contributed by atoms with E-state index < -0.39 is 11.6 Å². The van der Waals surface area contributed by atoms with E-state index in [1.54, 1.807) is 18.2 Å². The van der Waals surface area contributed by atoms with E-state index in [9.17, 15) is 8.78 Å². The molecule has 0 N–H and O–H groups in total. The molecular formula is C15H13ClF2O2. The number of methoxy groups -OCH3 is 1. The quantitative estimate of drug-likeness (QED) is 0.767. The van der Waals surface area contributed by atoms with Crippen LogP contribution in [0.2, 0.25) is 0 Å². The first kappa shape index (κ1) is 14.6. The average molecular weight is 299 g/mol. The Bertz CT molecular complexity index is 580. The van der Waals surface area contributed by atoms with Gasteiger partial charge in [0.05, 0.1) is 13.0 Å². The molecule has 0 spiro atoms. The summed E-state index contributed by atoms with van der Waals surface area (Å²) >= 11 is 5.84. The molecule has 0 aliphatic carbocycles. The largest absolute Gasteiger partial charge is 0.493 e. The maximum atomic E-state index is 13.5. The van der Waals surface area contributed by atoms with Gasteiger partial charge in [0.2, 0.25) is 0 Å². The molecule has 2 aromatic rings. The first-order valence-corrected chi connectivity index (χ1v) is 6.47. The van der Waals surface area contributed by atoms with Crippen LogP contribution in [0.5, 0.6) is 11.5 Å². The summed E-state index contributed by atoms with van der Waals surface area (Å²) in [6.45, 7) is -0.0314. The SMILES string of the molecule is COc1cccc(CCl)c1OCc1ccc(F)cc1F. The van der Waals surface area contributed by atoms with Crippen LogP contribution in [0.25, 0.3) is 0 Å². The number of hydrogen-bond donors (Lipinski definition) is 0. The molecule has 2 nitrogen and oxygen atoms in total. The summed E-state index contributed by atoms with van der Waals surface area (Å²) in [6.07, 6.45) is 0. The van der Waals surface area contributed by atoms with E-state index in [0.29, 0.717) is 11.5 Å². The minimum atomic E-state index is -0.646. The second kappa shape index (κ2) is 6.57. The molecule has 0 atom stereocenters. The van der Waals surface area contributed by atoms with Crippen molar-refractivity contribution in [2.24, 2.45) is 0 Å². The molecule has 0 heterocycles. The van der Waals surface area contributed by atoms with Crippen molar-refractivity contribution in [2.75, 3.05) is 7.11 Å². The minimum absolute atomic E-state index is 0.0314. The second-order valence-electron chi connectivity index (χ2n) is 4.11. The smallest absolute Gasteiger partial charge is 0.166 e. The number of benzene rings is 2. The van der Waals surface area contributed by atoms with E-state index >= 15 is 0 Å². The topological polar surface area (TPSA) is 18.5 Å². The van der Waals surface area contributed by atoms with Gasteiger partial charge in [-0.15, -0.1) is 11.6 Å². The first-order chi connectivity index (χ1) is 9.65. The van der Waals surface area contributed by atoms with Crippen LogP contribution in [-0.2, 0) is 12.5 Å². The van der Waals surface area contributed by atoms with Crippen molar-refractivity contribution in [1.29, 1.82) is 0 Å². The highest BCUT2D eigenvalue weighted by Gasteiger charge is 2.11. The molecule has 0 saturated heterocycles. The van der Waals surface area contributed by atoms with Gasteiger partial charge in [-0.1, -0.05) is 12.1 Å². The fraction of sp³-hybridized carbons (Fsp3) is 0.200. The molecule has 0 unspecified atom stereocenters. The van der Waals surface area contributed by atoms with Gasteiger partial charge >= 0.3 is 0 Å². The highest BCUT2D eigenvalue weighted by molar-refractivity contribution is 6.17. The van der Waals surface area contributed by atoms with Crippen LogP contribution in [0.3, 0.4) is 0 Å². The zero-order chi connectivity index (χ0) is 14.5. The van der Waals surface area contributed by atoms with Crippen LogP contribution in [0.15, 0.2) is 36.4 Å². The van der Waals surface area contributed by atoms with Crippen molar-refractivity contribution in [3.05, 3.63) is 59.2 Å². The normalized spacial score (nSPS) is 10.4. The van der Waals surface area contributed by atoms with Crippen LogP contribution in [0.4, 0.5) is 8.78 Å².